The fourth-order valence-corrected chi connectivity index (χ4v) is 2.58. The molecule has 26 heavy (non-hydrogen) atoms. The van der Waals surface area contributed by atoms with E-state index in [1.165, 1.54) is 0 Å². The molecule has 0 radical (unpaired) electrons. The Hall–Kier alpha value is -2.86. The number of nitrogens with one attached hydrogen (secondary N) is 3. The predicted octanol–water partition coefficient (Wildman–Crippen LogP) is 3.09. The first kappa shape index (κ1) is 17.9. The molecule has 0 saturated heterocycles. The molecule has 6 heteroatoms. The van der Waals surface area contributed by atoms with Crippen molar-refractivity contribution in [3.63, 3.8) is 0 Å². The molecule has 1 atom stereocenters. The lowest BCUT2D eigenvalue weighted by atomic mass is 10.1. The summed E-state index contributed by atoms with van der Waals surface area (Å²) in [6.07, 6.45) is 1.88. The third kappa shape index (κ3) is 5.07. The summed E-state index contributed by atoms with van der Waals surface area (Å²) in [4.78, 5) is 24.0. The highest BCUT2D eigenvalue weighted by Crippen LogP contribution is 2.19. The molecule has 2 aromatic carbocycles. The van der Waals surface area contributed by atoms with Crippen molar-refractivity contribution in [1.29, 1.82) is 0 Å². The van der Waals surface area contributed by atoms with Gasteiger partial charge in [-0.1, -0.05) is 30.3 Å². The molecule has 0 unspecified atom stereocenters. The van der Waals surface area contributed by atoms with E-state index in [0.29, 0.717) is 23.8 Å². The number of anilines is 1. The molecule has 0 spiro atoms. The minimum atomic E-state index is -0.213. The average Bonchev–Trinajstić information content (AvgIpc) is 3.47. The van der Waals surface area contributed by atoms with Crippen molar-refractivity contribution in [3.05, 3.63) is 65.7 Å². The normalized spacial score (nSPS) is 14.3. The van der Waals surface area contributed by atoms with Gasteiger partial charge in [-0.05, 0) is 42.7 Å². The lowest BCUT2D eigenvalue weighted by molar-refractivity contribution is 0.0828. The molecule has 0 aliphatic heterocycles. The Morgan fingerprint density at radius 1 is 1.08 bits per heavy atom. The molecule has 0 bridgehead atoms. The van der Waals surface area contributed by atoms with Crippen molar-refractivity contribution in [2.45, 2.75) is 25.0 Å². The van der Waals surface area contributed by atoms with E-state index in [9.17, 15) is 9.59 Å². The fourth-order valence-electron chi connectivity index (χ4n) is 2.58. The third-order valence-corrected chi connectivity index (χ3v) is 4.22. The van der Waals surface area contributed by atoms with Crippen LogP contribution in [0, 0.1) is 0 Å². The largest absolute Gasteiger partial charge is 0.375 e. The fraction of sp³-hybridized carbons (Fsp3) is 0.300. The maximum atomic E-state index is 12.3. The van der Waals surface area contributed by atoms with Crippen LogP contribution >= 0.6 is 0 Å². The van der Waals surface area contributed by atoms with E-state index in [1.54, 1.807) is 31.4 Å². The minimum absolute atomic E-state index is 0.183. The van der Waals surface area contributed by atoms with Gasteiger partial charge in [-0.3, -0.25) is 4.79 Å². The van der Waals surface area contributed by atoms with Gasteiger partial charge in [0.05, 0.1) is 6.10 Å². The summed E-state index contributed by atoms with van der Waals surface area (Å²) in [7, 11) is 1.62. The second-order valence-electron chi connectivity index (χ2n) is 6.30. The molecule has 136 valence electrons. The van der Waals surface area contributed by atoms with E-state index < -0.39 is 0 Å². The molecule has 1 saturated carbocycles. The highest BCUT2D eigenvalue weighted by Gasteiger charge is 2.23. The summed E-state index contributed by atoms with van der Waals surface area (Å²) < 4.78 is 5.45. The van der Waals surface area contributed by atoms with Gasteiger partial charge >= 0.3 is 6.03 Å². The number of benzene rings is 2. The number of hydrogen-bond donors (Lipinski definition) is 3. The maximum absolute atomic E-state index is 12.3. The van der Waals surface area contributed by atoms with Crippen molar-refractivity contribution >= 4 is 17.6 Å². The molecular formula is C20H23N3O3. The van der Waals surface area contributed by atoms with Crippen LogP contribution in [0.3, 0.4) is 0 Å². The summed E-state index contributed by atoms with van der Waals surface area (Å²) in [6.45, 7) is 0.378. The van der Waals surface area contributed by atoms with Crippen LogP contribution in [0.25, 0.3) is 0 Å². The molecule has 3 rings (SSSR count). The van der Waals surface area contributed by atoms with Gasteiger partial charge in [0.1, 0.15) is 0 Å². The van der Waals surface area contributed by atoms with Gasteiger partial charge in [0, 0.05) is 30.9 Å². The number of carbonyl (C=O) groups is 2. The number of rotatable bonds is 7. The number of urea groups is 1. The summed E-state index contributed by atoms with van der Waals surface area (Å²) in [6, 6.07) is 16.6. The lowest BCUT2D eigenvalue weighted by Gasteiger charge is -2.16. The molecule has 6 nitrogen and oxygen atoms in total. The maximum Gasteiger partial charge on any atom is 0.319 e. The molecule has 3 N–H and O–H groups in total. The van der Waals surface area contributed by atoms with Crippen molar-refractivity contribution in [2.75, 3.05) is 19.0 Å². The van der Waals surface area contributed by atoms with Crippen LogP contribution in [-0.2, 0) is 4.74 Å². The van der Waals surface area contributed by atoms with Crippen LogP contribution in [0.1, 0.15) is 34.9 Å². The summed E-state index contributed by atoms with van der Waals surface area (Å²) >= 11 is 0. The third-order valence-electron chi connectivity index (χ3n) is 4.22. The van der Waals surface area contributed by atoms with E-state index in [0.717, 1.165) is 18.4 Å². The zero-order valence-electron chi connectivity index (χ0n) is 14.7. The van der Waals surface area contributed by atoms with Crippen LogP contribution in [-0.4, -0.2) is 31.6 Å². The van der Waals surface area contributed by atoms with E-state index in [1.807, 2.05) is 30.3 Å². The Labute approximate surface area is 152 Å². The number of hydrogen-bond acceptors (Lipinski definition) is 3. The first-order valence-corrected chi connectivity index (χ1v) is 8.69. The topological polar surface area (TPSA) is 79.5 Å². The van der Waals surface area contributed by atoms with Crippen LogP contribution in [0.15, 0.2) is 54.6 Å². The first-order chi connectivity index (χ1) is 12.7. The van der Waals surface area contributed by atoms with E-state index in [2.05, 4.69) is 16.0 Å². The second-order valence-corrected chi connectivity index (χ2v) is 6.30. The molecule has 2 aromatic rings. The Kier molecular flexibility index (Phi) is 5.86. The molecule has 1 aliphatic carbocycles. The van der Waals surface area contributed by atoms with Crippen LogP contribution in [0.5, 0.6) is 0 Å². The van der Waals surface area contributed by atoms with Gasteiger partial charge in [0.25, 0.3) is 5.91 Å². The molecule has 3 amide bonds. The first-order valence-electron chi connectivity index (χ1n) is 8.69. The summed E-state index contributed by atoms with van der Waals surface area (Å²) in [5.41, 5.74) is 2.19. The van der Waals surface area contributed by atoms with E-state index >= 15 is 0 Å². The number of amides is 3. The SMILES string of the molecule is CO[C@@H](CNC(=O)c1ccc(NC(=O)NC2CC2)cc1)c1ccccc1. The van der Waals surface area contributed by atoms with E-state index in [4.69, 9.17) is 4.74 Å². The highest BCUT2D eigenvalue weighted by atomic mass is 16.5. The number of ether oxygens (including phenoxy) is 1. The Morgan fingerprint density at radius 3 is 2.38 bits per heavy atom. The minimum Gasteiger partial charge on any atom is -0.375 e. The van der Waals surface area contributed by atoms with Gasteiger partial charge in [-0.15, -0.1) is 0 Å². The summed E-state index contributed by atoms with van der Waals surface area (Å²) in [5.74, 6) is -0.183. The Balaban J connectivity index is 1.51. The number of carbonyl (C=O) groups excluding carboxylic acids is 2. The van der Waals surface area contributed by atoms with Crippen molar-refractivity contribution in [2.24, 2.45) is 0 Å². The van der Waals surface area contributed by atoms with Crippen molar-refractivity contribution in [1.82, 2.24) is 10.6 Å². The smallest absolute Gasteiger partial charge is 0.319 e. The molecule has 0 aromatic heterocycles. The van der Waals surface area contributed by atoms with Gasteiger partial charge in [0.15, 0.2) is 0 Å². The molecule has 1 fully saturated rings. The summed E-state index contributed by atoms with van der Waals surface area (Å²) in [5, 5.41) is 8.49. The average molecular weight is 353 g/mol. The van der Waals surface area contributed by atoms with Crippen LogP contribution < -0.4 is 16.0 Å². The molecule has 1 aliphatic rings. The Bertz CT molecular complexity index is 743. The lowest BCUT2D eigenvalue weighted by Crippen LogP contribution is -2.30. The number of methoxy groups -OCH3 is 1. The van der Waals surface area contributed by atoms with Gasteiger partial charge in [0.2, 0.25) is 0 Å². The van der Waals surface area contributed by atoms with E-state index in [-0.39, 0.29) is 18.0 Å². The van der Waals surface area contributed by atoms with Gasteiger partial charge in [-0.25, -0.2) is 4.79 Å². The highest BCUT2D eigenvalue weighted by molar-refractivity contribution is 5.95. The quantitative estimate of drug-likeness (QED) is 0.716. The van der Waals surface area contributed by atoms with Crippen LogP contribution in [0.4, 0.5) is 10.5 Å². The van der Waals surface area contributed by atoms with Crippen LogP contribution in [0.2, 0.25) is 0 Å². The zero-order chi connectivity index (χ0) is 18.4. The van der Waals surface area contributed by atoms with Crippen molar-refractivity contribution < 1.29 is 14.3 Å². The monoisotopic (exact) mass is 353 g/mol. The van der Waals surface area contributed by atoms with Gasteiger partial charge in [-0.2, -0.15) is 0 Å². The standard InChI is InChI=1S/C20H23N3O3/c1-26-18(14-5-3-2-4-6-14)13-21-19(24)15-7-9-16(10-8-15)22-20(25)23-17-11-12-17/h2-10,17-18H,11-13H2,1H3,(H,21,24)(H2,22,23,25)/t18-/m0/s1. The second kappa shape index (κ2) is 8.49. The Morgan fingerprint density at radius 2 is 1.77 bits per heavy atom. The molecular weight excluding hydrogens is 330 g/mol. The zero-order valence-corrected chi connectivity index (χ0v) is 14.7. The van der Waals surface area contributed by atoms with Gasteiger partial charge < -0.3 is 20.7 Å². The molecule has 0 heterocycles. The van der Waals surface area contributed by atoms with Crippen molar-refractivity contribution in [3.8, 4) is 0 Å². The predicted molar refractivity (Wildman–Crippen MR) is 100 cm³/mol.